The average molecular weight is 337 g/mol. The Bertz CT molecular complexity index is 563. The van der Waals surface area contributed by atoms with Gasteiger partial charge in [0, 0.05) is 26.2 Å². The molecule has 0 aromatic heterocycles. The average Bonchev–Trinajstić information content (AvgIpc) is 2.14. The van der Waals surface area contributed by atoms with Crippen molar-refractivity contribution >= 4 is 22.1 Å². The van der Waals surface area contributed by atoms with Crippen LogP contribution in [0.15, 0.2) is 23.1 Å². The molecule has 0 amide bonds. The fourth-order valence-corrected chi connectivity index (χ4v) is 1.85. The second-order valence-corrected chi connectivity index (χ2v) is 4.15. The number of hydrogen-bond donors (Lipinski definition) is 3. The predicted molar refractivity (Wildman–Crippen MR) is 50.2 cm³/mol. The first-order valence-corrected chi connectivity index (χ1v) is 5.26. The van der Waals surface area contributed by atoms with Crippen LogP contribution in [0.25, 0.3) is 0 Å². The summed E-state index contributed by atoms with van der Waals surface area (Å²) in [6, 6.07) is 2.77. The maximum Gasteiger partial charge on any atom is 0.338 e. The van der Waals surface area contributed by atoms with Crippen LogP contribution in [0.5, 0.6) is 0 Å². The summed E-state index contributed by atoms with van der Waals surface area (Å²) in [5.74, 6) is -3.34. The van der Waals surface area contributed by atoms with E-state index in [-0.39, 0.29) is 26.2 Å². The molecule has 0 heterocycles. The van der Waals surface area contributed by atoms with Gasteiger partial charge in [0.2, 0.25) is 0 Å². The van der Waals surface area contributed by atoms with Gasteiger partial charge in [0.05, 0.1) is 11.1 Å². The quantitative estimate of drug-likeness (QED) is 0.678. The van der Waals surface area contributed by atoms with Gasteiger partial charge in [0.25, 0.3) is 10.1 Å². The van der Waals surface area contributed by atoms with Crippen LogP contribution in [-0.4, -0.2) is 35.1 Å². The summed E-state index contributed by atoms with van der Waals surface area (Å²) in [7, 11) is -4.78. The van der Waals surface area contributed by atoms with E-state index in [1.165, 1.54) is 0 Å². The van der Waals surface area contributed by atoms with Crippen molar-refractivity contribution in [2.75, 3.05) is 0 Å². The minimum atomic E-state index is -4.78. The molecule has 0 bridgehead atoms. The van der Waals surface area contributed by atoms with E-state index in [0.717, 1.165) is 18.2 Å². The van der Waals surface area contributed by atoms with E-state index in [9.17, 15) is 18.0 Å². The predicted octanol–water partition coefficient (Wildman–Crippen LogP) is 0.327. The summed E-state index contributed by atoms with van der Waals surface area (Å²) in [6.45, 7) is 0. The smallest absolute Gasteiger partial charge is 0.338 e. The van der Waals surface area contributed by atoms with E-state index in [2.05, 4.69) is 0 Å². The Labute approximate surface area is 115 Å². The van der Waals surface area contributed by atoms with Gasteiger partial charge in [-0.15, -0.1) is 0 Å². The van der Waals surface area contributed by atoms with Crippen molar-refractivity contribution in [2.45, 2.75) is 4.90 Å². The van der Waals surface area contributed by atoms with Crippen LogP contribution < -0.4 is 0 Å². The third-order valence-corrected chi connectivity index (χ3v) is 2.64. The molecule has 1 aromatic rings. The van der Waals surface area contributed by atoms with Gasteiger partial charge in [-0.3, -0.25) is 4.55 Å². The van der Waals surface area contributed by atoms with E-state index in [1.807, 2.05) is 0 Å². The zero-order valence-electron chi connectivity index (χ0n) is 8.11. The van der Waals surface area contributed by atoms with Crippen molar-refractivity contribution < 1.29 is 59.0 Å². The number of carbonyl (C=O) groups is 2. The minimum Gasteiger partial charge on any atom is -0.478 e. The van der Waals surface area contributed by atoms with Crippen molar-refractivity contribution in [3.05, 3.63) is 29.3 Å². The van der Waals surface area contributed by atoms with Gasteiger partial charge in [0.15, 0.2) is 0 Å². The van der Waals surface area contributed by atoms with Gasteiger partial charge >= 0.3 is 11.9 Å². The summed E-state index contributed by atoms with van der Waals surface area (Å²) < 4.78 is 30.4. The largest absolute Gasteiger partial charge is 0.478 e. The number of aromatic carboxylic acids is 2. The molecule has 0 aliphatic heterocycles. The fraction of sp³-hybridized carbons (Fsp3) is 0. The van der Waals surface area contributed by atoms with Gasteiger partial charge < -0.3 is 10.2 Å². The molecule has 9 heteroatoms. The third kappa shape index (κ3) is 3.45. The van der Waals surface area contributed by atoms with Gasteiger partial charge in [-0.1, -0.05) is 6.07 Å². The summed E-state index contributed by atoms with van der Waals surface area (Å²) >= 11 is 0. The van der Waals surface area contributed by atoms with Crippen LogP contribution in [-0.2, 0) is 36.3 Å². The number of rotatable bonds is 3. The zero-order chi connectivity index (χ0) is 12.5. The second kappa shape index (κ2) is 5.53. The van der Waals surface area contributed by atoms with E-state index < -0.39 is 38.1 Å². The number of hydrogen-bond acceptors (Lipinski definition) is 4. The van der Waals surface area contributed by atoms with Crippen molar-refractivity contribution in [3.8, 4) is 0 Å². The van der Waals surface area contributed by atoms with Crippen LogP contribution in [0.1, 0.15) is 20.7 Å². The molecule has 0 radical (unpaired) electrons. The van der Waals surface area contributed by atoms with E-state index >= 15 is 0 Å². The third-order valence-electron chi connectivity index (χ3n) is 1.75. The van der Waals surface area contributed by atoms with Crippen LogP contribution in [0.2, 0.25) is 0 Å². The number of benzene rings is 1. The van der Waals surface area contributed by atoms with Crippen LogP contribution in [0.4, 0.5) is 0 Å². The standard InChI is InChI=1S/C8H6O7S.Zr/c9-7(10)4-2-1-3-5(16(13,14)15)6(4)8(11)12;/h1-3H,(H,9,10)(H,11,12)(H,13,14,15);. The summed E-state index contributed by atoms with van der Waals surface area (Å²) in [4.78, 5) is 20.5. The Kier molecular flexibility index (Phi) is 5.19. The molecule has 0 spiro atoms. The van der Waals surface area contributed by atoms with Crippen molar-refractivity contribution in [3.63, 3.8) is 0 Å². The Morgan fingerprint density at radius 1 is 1.06 bits per heavy atom. The second-order valence-electron chi connectivity index (χ2n) is 2.76. The SMILES string of the molecule is O=C(O)c1cccc(S(=O)(=O)O)c1C(=O)O.[Zr]. The monoisotopic (exact) mass is 336 g/mol. The maximum absolute atomic E-state index is 10.8. The number of carboxylic acid groups (broad SMARTS) is 2. The molecule has 3 N–H and O–H groups in total. The molecule has 0 saturated carbocycles. The molecule has 0 aliphatic carbocycles. The molecule has 90 valence electrons. The van der Waals surface area contributed by atoms with Crippen LogP contribution in [0.3, 0.4) is 0 Å². The molecule has 1 aromatic carbocycles. The molecule has 0 atom stereocenters. The molecular formula is C8H6O7SZr. The van der Waals surface area contributed by atoms with E-state index in [1.54, 1.807) is 0 Å². The van der Waals surface area contributed by atoms with E-state index in [0.29, 0.717) is 0 Å². The first-order valence-electron chi connectivity index (χ1n) is 3.82. The molecule has 0 aliphatic rings. The molecule has 0 fully saturated rings. The fourth-order valence-electron chi connectivity index (χ4n) is 1.14. The first-order chi connectivity index (χ1) is 7.25. The van der Waals surface area contributed by atoms with Crippen LogP contribution in [0, 0.1) is 0 Å². The summed E-state index contributed by atoms with van der Waals surface area (Å²) in [5, 5.41) is 17.4. The Hall–Kier alpha value is -1.05. The van der Waals surface area contributed by atoms with Crippen LogP contribution >= 0.6 is 0 Å². The molecule has 7 nitrogen and oxygen atoms in total. The Balaban J connectivity index is 0.00000256. The first kappa shape index (κ1) is 16.0. The summed E-state index contributed by atoms with van der Waals surface area (Å²) in [6.07, 6.45) is 0. The molecule has 1 rings (SSSR count). The van der Waals surface area contributed by atoms with Crippen molar-refractivity contribution in [2.24, 2.45) is 0 Å². The Morgan fingerprint density at radius 2 is 1.59 bits per heavy atom. The zero-order valence-corrected chi connectivity index (χ0v) is 11.4. The number of carboxylic acids is 2. The normalized spacial score (nSPS) is 10.4. The van der Waals surface area contributed by atoms with Crippen molar-refractivity contribution in [1.29, 1.82) is 0 Å². The minimum absolute atomic E-state index is 0. The molecule has 17 heavy (non-hydrogen) atoms. The topological polar surface area (TPSA) is 129 Å². The van der Waals surface area contributed by atoms with Gasteiger partial charge in [-0.2, -0.15) is 8.42 Å². The van der Waals surface area contributed by atoms with E-state index in [4.69, 9.17) is 14.8 Å². The van der Waals surface area contributed by atoms with Gasteiger partial charge in [-0.05, 0) is 12.1 Å². The van der Waals surface area contributed by atoms with Crippen molar-refractivity contribution in [1.82, 2.24) is 0 Å². The Morgan fingerprint density at radius 3 is 1.94 bits per heavy atom. The van der Waals surface area contributed by atoms with Gasteiger partial charge in [-0.25, -0.2) is 9.59 Å². The molecule has 0 unspecified atom stereocenters. The maximum atomic E-state index is 10.8. The molecular weight excluding hydrogens is 331 g/mol. The van der Waals surface area contributed by atoms with Gasteiger partial charge in [0.1, 0.15) is 4.90 Å². The summed E-state index contributed by atoms with van der Waals surface area (Å²) in [5.41, 5.74) is -1.67. The molecule has 0 saturated heterocycles.